The van der Waals surface area contributed by atoms with Crippen molar-refractivity contribution in [2.45, 2.75) is 37.5 Å². The fraction of sp³-hybridized carbons (Fsp3) is 0.283. The first-order valence-corrected chi connectivity index (χ1v) is 20.9. The number of carbonyl (C=O) groups is 1. The molecule has 2 unspecified atom stereocenters. The lowest BCUT2D eigenvalue weighted by Crippen LogP contribution is -2.46. The highest BCUT2D eigenvalue weighted by Crippen LogP contribution is 2.36. The number of rotatable bonds is 9. The van der Waals surface area contributed by atoms with Crippen LogP contribution in [-0.2, 0) is 0 Å². The first-order valence-electron chi connectivity index (χ1n) is 19.3. The maximum absolute atomic E-state index is 14.5. The topological polar surface area (TPSA) is 69.5 Å². The number of nitrogens with one attached hydrogen (secondary N) is 3. The number of para-hydroxylation sites is 1. The van der Waals surface area contributed by atoms with Crippen LogP contribution in [0.25, 0.3) is 32.4 Å². The van der Waals surface area contributed by atoms with Gasteiger partial charge in [0.05, 0.1) is 34.2 Å². The maximum Gasteiger partial charge on any atom is 0.255 e. The average Bonchev–Trinajstić information content (AvgIpc) is 3.98. The molecule has 0 saturated carbocycles. The van der Waals surface area contributed by atoms with E-state index in [1.54, 1.807) is 15.9 Å². The Balaban J connectivity index is 0.000000175. The molecule has 3 aromatic carbocycles. The summed E-state index contributed by atoms with van der Waals surface area (Å²) >= 11 is 2.92. The number of benzene rings is 3. The van der Waals surface area contributed by atoms with Crippen LogP contribution in [0, 0.1) is 23.5 Å². The summed E-state index contributed by atoms with van der Waals surface area (Å²) in [5.74, 6) is 6.35. The molecule has 0 radical (unpaired) electrons. The summed E-state index contributed by atoms with van der Waals surface area (Å²) in [5, 5.41) is 17.2. The van der Waals surface area contributed by atoms with Gasteiger partial charge < -0.3 is 25.8 Å². The van der Waals surface area contributed by atoms with E-state index in [-0.39, 0.29) is 11.9 Å². The minimum atomic E-state index is -0.923. The van der Waals surface area contributed by atoms with Gasteiger partial charge >= 0.3 is 0 Å². The summed E-state index contributed by atoms with van der Waals surface area (Å²) in [4.78, 5) is 18.0. The zero-order valence-electron chi connectivity index (χ0n) is 32.4. The molecule has 0 aliphatic carbocycles. The summed E-state index contributed by atoms with van der Waals surface area (Å²) in [6.45, 7) is 7.78. The van der Waals surface area contributed by atoms with Crippen molar-refractivity contribution in [3.63, 3.8) is 0 Å². The number of aromatic nitrogens is 2. The van der Waals surface area contributed by atoms with Gasteiger partial charge in [-0.15, -0.1) is 17.8 Å². The number of thiophene rings is 1. The molecular weight excluding hydrogens is 750 g/mol. The minimum absolute atomic E-state index is 0.173. The van der Waals surface area contributed by atoms with E-state index < -0.39 is 6.17 Å². The van der Waals surface area contributed by atoms with Crippen LogP contribution in [0.2, 0.25) is 0 Å². The summed E-state index contributed by atoms with van der Waals surface area (Å²) in [5.41, 5.74) is 6.73. The minimum Gasteiger partial charge on any atom is -0.382 e. The van der Waals surface area contributed by atoms with Crippen LogP contribution < -0.4 is 16.0 Å². The van der Waals surface area contributed by atoms with E-state index in [1.807, 2.05) is 88.0 Å². The Morgan fingerprint density at radius 2 is 1.63 bits per heavy atom. The van der Waals surface area contributed by atoms with E-state index in [4.69, 9.17) is 6.42 Å². The van der Waals surface area contributed by atoms with E-state index >= 15 is 0 Å². The highest BCUT2D eigenvalue weighted by molar-refractivity contribution is 8.02. The van der Waals surface area contributed by atoms with Crippen molar-refractivity contribution in [1.29, 1.82) is 0 Å². The predicted octanol–water partition coefficient (Wildman–Crippen LogP) is 9.35. The molecule has 2 saturated heterocycles. The zero-order chi connectivity index (χ0) is 39.7. The Morgan fingerprint density at radius 1 is 0.912 bits per heavy atom. The monoisotopic (exact) mass is 797 g/mol. The number of anilines is 3. The van der Waals surface area contributed by atoms with Gasteiger partial charge in [-0.25, -0.2) is 4.39 Å². The van der Waals surface area contributed by atoms with E-state index in [2.05, 4.69) is 75.8 Å². The van der Waals surface area contributed by atoms with Gasteiger partial charge in [0, 0.05) is 58.9 Å². The number of hydrogen-bond acceptors (Lipinski definition) is 8. The van der Waals surface area contributed by atoms with Crippen molar-refractivity contribution >= 4 is 68.1 Å². The van der Waals surface area contributed by atoms with E-state index in [0.717, 1.165) is 88.6 Å². The number of allylic oxidation sites excluding steroid dienone is 1. The quantitative estimate of drug-likeness (QED) is 0.0996. The van der Waals surface area contributed by atoms with E-state index in [0.29, 0.717) is 19.1 Å². The molecule has 2 fully saturated rings. The Hall–Kier alpha value is -5.43. The molecule has 6 aromatic rings. The number of hydrogen-bond donors (Lipinski definition) is 3. The fourth-order valence-electron chi connectivity index (χ4n) is 7.49. The number of alkyl halides is 1. The first kappa shape index (κ1) is 39.8. The van der Waals surface area contributed by atoms with Crippen LogP contribution in [0.1, 0.15) is 29.8 Å². The third kappa shape index (κ3) is 9.41. The van der Waals surface area contributed by atoms with E-state index in [9.17, 15) is 9.18 Å². The van der Waals surface area contributed by atoms with Crippen LogP contribution in [0.3, 0.4) is 0 Å². The Labute approximate surface area is 343 Å². The third-order valence-corrected chi connectivity index (χ3v) is 12.1. The standard InChI is InChI=1S/C25H26N4S.C21H22FN3OS/c1-3-30-29-22(11-8-16-26-20-9-5-4-6-10-20)19-23-24(12-7-13-25(23)29)27-21-14-17-28(2)18-15-21;1-3-21(26)25-18-7-4-6-16(23-17-9-10-24(2)13-15(17)22)14(18)12-19(25)20-8-5-11-27-20/h1,4-7,9-10,12-13,19,21,26-27H,14-18H2,2H3;3-8,11-12,15,17,23H,1,9-10,13H2,2H3. The number of likely N-dealkylation sites (tertiary alicyclic amines) is 2. The Bertz CT molecular complexity index is 2410. The number of fused-ring (bicyclic) bond motifs is 2. The van der Waals surface area contributed by atoms with E-state index in [1.165, 1.54) is 23.4 Å². The van der Waals surface area contributed by atoms with Gasteiger partial charge in [-0.2, -0.15) is 0 Å². The van der Waals surface area contributed by atoms with Crippen LogP contribution in [0.15, 0.2) is 109 Å². The predicted molar refractivity (Wildman–Crippen MR) is 240 cm³/mol. The zero-order valence-corrected chi connectivity index (χ0v) is 34.0. The van der Waals surface area contributed by atoms with Gasteiger partial charge in [0.2, 0.25) is 0 Å². The van der Waals surface area contributed by atoms with Crippen LogP contribution in [-0.4, -0.2) is 89.3 Å². The molecule has 292 valence electrons. The molecule has 57 heavy (non-hydrogen) atoms. The molecule has 0 spiro atoms. The van der Waals surface area contributed by atoms with Crippen molar-refractivity contribution in [2.24, 2.45) is 0 Å². The summed E-state index contributed by atoms with van der Waals surface area (Å²) in [6, 6.07) is 30.6. The van der Waals surface area contributed by atoms with Crippen molar-refractivity contribution in [3.8, 4) is 34.1 Å². The molecule has 11 heteroatoms. The molecule has 3 N–H and O–H groups in total. The number of halogens is 1. The molecule has 8 nitrogen and oxygen atoms in total. The number of terminal acetylenes is 1. The van der Waals surface area contributed by atoms with Crippen molar-refractivity contribution in [2.75, 3.05) is 62.8 Å². The Morgan fingerprint density at radius 3 is 2.33 bits per heavy atom. The normalized spacial score (nSPS) is 17.5. The SMILES string of the molecule is C#CSn1c(C#CCNc2ccccc2)cc2c(NC3CCN(C)CC3)cccc21.C=CC(=O)n1c(-c2cccs2)cc2c(NC3CCN(C)CC3F)cccc21. The first-order chi connectivity index (χ1) is 27.8. The van der Waals surface area contributed by atoms with Crippen molar-refractivity contribution in [1.82, 2.24) is 18.3 Å². The van der Waals surface area contributed by atoms with Gasteiger partial charge in [0.1, 0.15) is 11.9 Å². The summed E-state index contributed by atoms with van der Waals surface area (Å²) < 4.78 is 18.2. The van der Waals surface area contributed by atoms with Gasteiger partial charge in [-0.1, -0.05) is 48.9 Å². The van der Waals surface area contributed by atoms with Crippen molar-refractivity contribution in [3.05, 3.63) is 115 Å². The molecule has 5 heterocycles. The molecule has 8 rings (SSSR count). The number of nitrogens with zero attached hydrogens (tertiary/aromatic N) is 4. The van der Waals surface area contributed by atoms with Gasteiger partial charge in [-0.05, 0) is 124 Å². The molecule has 2 aliphatic heterocycles. The summed E-state index contributed by atoms with van der Waals surface area (Å²) in [7, 11) is 4.13. The summed E-state index contributed by atoms with van der Waals surface area (Å²) in [6.07, 6.45) is 9.09. The molecular formula is C46H48FN7OS2. The number of carbonyl (C=O) groups excluding carboxylic acids is 1. The largest absolute Gasteiger partial charge is 0.382 e. The molecule has 2 atom stereocenters. The van der Waals surface area contributed by atoms with Crippen molar-refractivity contribution < 1.29 is 9.18 Å². The van der Waals surface area contributed by atoms with Gasteiger partial charge in [0.25, 0.3) is 5.91 Å². The highest BCUT2D eigenvalue weighted by Gasteiger charge is 2.28. The molecule has 0 amide bonds. The third-order valence-electron chi connectivity index (χ3n) is 10.5. The fourth-order valence-corrected chi connectivity index (χ4v) is 8.78. The van der Waals surface area contributed by atoms with Crippen LogP contribution >= 0.6 is 23.3 Å². The Kier molecular flexibility index (Phi) is 13.0. The van der Waals surface area contributed by atoms with Gasteiger partial charge in [0.15, 0.2) is 0 Å². The highest BCUT2D eigenvalue weighted by atomic mass is 32.2. The van der Waals surface area contributed by atoms with Gasteiger partial charge in [-0.3, -0.25) is 13.3 Å². The number of piperidine rings is 2. The smallest absolute Gasteiger partial charge is 0.255 e. The second-order valence-corrected chi connectivity index (χ2v) is 16.2. The molecule has 0 bridgehead atoms. The maximum atomic E-state index is 14.5. The lowest BCUT2D eigenvalue weighted by atomic mass is 10.0. The molecule has 2 aliphatic rings. The van der Waals surface area contributed by atoms with Crippen LogP contribution in [0.5, 0.6) is 0 Å². The lowest BCUT2D eigenvalue weighted by Gasteiger charge is -2.33. The second kappa shape index (κ2) is 18.7. The van der Waals surface area contributed by atoms with Crippen LogP contribution in [0.4, 0.5) is 21.5 Å². The second-order valence-electron chi connectivity index (χ2n) is 14.5. The average molecular weight is 798 g/mol. The molecule has 3 aromatic heterocycles. The lowest BCUT2D eigenvalue weighted by molar-refractivity contribution is 0.0976.